The molecule has 1 aliphatic rings. The summed E-state index contributed by atoms with van der Waals surface area (Å²) in [6, 6.07) is 12.1. The lowest BCUT2D eigenvalue weighted by Crippen LogP contribution is -2.26. The van der Waals surface area contributed by atoms with Crippen LogP contribution < -0.4 is 15.7 Å². The lowest BCUT2D eigenvalue weighted by Gasteiger charge is -2.22. The van der Waals surface area contributed by atoms with Crippen LogP contribution in [-0.4, -0.2) is 9.55 Å². The Hall–Kier alpha value is -2.82. The molecule has 3 aromatic rings. The van der Waals surface area contributed by atoms with E-state index in [4.69, 9.17) is 4.74 Å². The summed E-state index contributed by atoms with van der Waals surface area (Å²) in [6.45, 7) is 3.88. The van der Waals surface area contributed by atoms with Crippen LogP contribution in [0, 0.1) is 0 Å². The van der Waals surface area contributed by atoms with E-state index in [0.29, 0.717) is 11.6 Å². The van der Waals surface area contributed by atoms with E-state index < -0.39 is 0 Å². The van der Waals surface area contributed by atoms with Crippen LogP contribution >= 0.6 is 0 Å². The highest BCUT2D eigenvalue weighted by Gasteiger charge is 2.20. The first-order chi connectivity index (χ1) is 10.6. The molecule has 0 amide bonds. The maximum absolute atomic E-state index is 12.0. The minimum absolute atomic E-state index is 0.0342. The van der Waals surface area contributed by atoms with E-state index >= 15 is 0 Å². The average Bonchev–Trinajstić information content (AvgIpc) is 2.50. The van der Waals surface area contributed by atoms with Crippen LogP contribution in [0.15, 0.2) is 47.4 Å². The summed E-state index contributed by atoms with van der Waals surface area (Å²) < 4.78 is 7.51. The van der Waals surface area contributed by atoms with Crippen LogP contribution in [0.2, 0.25) is 0 Å². The molecule has 0 fully saturated rings. The van der Waals surface area contributed by atoms with Gasteiger partial charge in [-0.1, -0.05) is 24.3 Å². The number of nitrogens with zero attached hydrogens (tertiary/aromatic N) is 2. The van der Waals surface area contributed by atoms with Gasteiger partial charge in [-0.3, -0.25) is 4.57 Å². The second-order valence-corrected chi connectivity index (χ2v) is 5.66. The van der Waals surface area contributed by atoms with Crippen LogP contribution in [-0.2, 0) is 0 Å². The summed E-state index contributed by atoms with van der Waals surface area (Å²) in [5.74, 6) is 1.77. The zero-order valence-electron chi connectivity index (χ0n) is 12.3. The number of hydrogen-bond donors (Lipinski definition) is 1. The molecule has 1 aromatic heterocycles. The average molecular weight is 293 g/mol. The number of benzene rings is 2. The van der Waals surface area contributed by atoms with Crippen LogP contribution in [0.3, 0.4) is 0 Å². The molecule has 4 rings (SSSR count). The van der Waals surface area contributed by atoms with Crippen molar-refractivity contribution in [2.75, 3.05) is 5.32 Å². The van der Waals surface area contributed by atoms with Crippen molar-refractivity contribution >= 4 is 22.3 Å². The first kappa shape index (κ1) is 12.9. The van der Waals surface area contributed by atoms with Gasteiger partial charge in [-0.25, -0.2) is 4.79 Å². The minimum Gasteiger partial charge on any atom is -0.450 e. The molecule has 0 saturated heterocycles. The molecule has 0 unspecified atom stereocenters. The van der Waals surface area contributed by atoms with E-state index in [2.05, 4.69) is 10.3 Å². The lowest BCUT2D eigenvalue weighted by molar-refractivity contribution is 0.458. The lowest BCUT2D eigenvalue weighted by atomic mass is 10.1. The molecule has 1 N–H and O–H groups in total. The predicted molar refractivity (Wildman–Crippen MR) is 86.2 cm³/mol. The highest BCUT2D eigenvalue weighted by molar-refractivity contribution is 5.90. The second kappa shape index (κ2) is 4.59. The Kier molecular flexibility index (Phi) is 2.69. The fourth-order valence-corrected chi connectivity index (χ4v) is 2.63. The molecule has 0 spiro atoms. The van der Waals surface area contributed by atoms with E-state index in [0.717, 1.165) is 22.2 Å². The van der Waals surface area contributed by atoms with Gasteiger partial charge in [-0.05, 0) is 36.8 Å². The van der Waals surface area contributed by atoms with E-state index in [1.165, 1.54) is 0 Å². The largest absolute Gasteiger partial charge is 0.450 e. The number of nitrogens with one attached hydrogen (secondary N) is 1. The Morgan fingerprint density at radius 3 is 2.59 bits per heavy atom. The number of fused-ring (bicyclic) bond motifs is 3. The maximum atomic E-state index is 12.0. The summed E-state index contributed by atoms with van der Waals surface area (Å²) in [6.07, 6.45) is 1.71. The highest BCUT2D eigenvalue weighted by atomic mass is 16.5. The molecular formula is C17H15N3O2. The summed E-state index contributed by atoms with van der Waals surface area (Å²) >= 11 is 0. The molecule has 110 valence electrons. The van der Waals surface area contributed by atoms with E-state index in [9.17, 15) is 4.79 Å². The molecule has 0 radical (unpaired) electrons. The maximum Gasteiger partial charge on any atom is 0.350 e. The molecule has 5 nitrogen and oxygen atoms in total. The first-order valence-corrected chi connectivity index (χ1v) is 7.23. The number of hydrogen-bond acceptors (Lipinski definition) is 4. The van der Waals surface area contributed by atoms with Crippen molar-refractivity contribution in [1.82, 2.24) is 9.55 Å². The smallest absolute Gasteiger partial charge is 0.350 e. The van der Waals surface area contributed by atoms with Gasteiger partial charge in [0.05, 0.1) is 11.9 Å². The minimum atomic E-state index is -0.283. The first-order valence-electron chi connectivity index (χ1n) is 7.23. The Bertz CT molecular complexity index is 944. The van der Waals surface area contributed by atoms with Crippen molar-refractivity contribution in [3.05, 3.63) is 53.1 Å². The van der Waals surface area contributed by atoms with Gasteiger partial charge in [0.2, 0.25) is 0 Å². The van der Waals surface area contributed by atoms with Crippen molar-refractivity contribution in [2.24, 2.45) is 0 Å². The van der Waals surface area contributed by atoms with Gasteiger partial charge in [0, 0.05) is 6.04 Å². The molecular weight excluding hydrogens is 278 g/mol. The van der Waals surface area contributed by atoms with Gasteiger partial charge >= 0.3 is 5.69 Å². The van der Waals surface area contributed by atoms with Crippen molar-refractivity contribution in [3.63, 3.8) is 0 Å². The van der Waals surface area contributed by atoms with Gasteiger partial charge in [-0.2, -0.15) is 4.98 Å². The van der Waals surface area contributed by atoms with Gasteiger partial charge < -0.3 is 10.1 Å². The standard InChI is InChI=1S/C17H15N3O2/c1-10(2)20-9-15-16(19-17(20)21)18-13-7-11-5-3-4-6-12(11)8-14(13)22-15/h3-10H,1-2H3,(H,18,19,21). The topological polar surface area (TPSA) is 56.2 Å². The zero-order chi connectivity index (χ0) is 15.3. The van der Waals surface area contributed by atoms with Crippen molar-refractivity contribution in [3.8, 4) is 11.5 Å². The Balaban J connectivity index is 1.86. The molecule has 0 saturated carbocycles. The molecule has 2 heterocycles. The van der Waals surface area contributed by atoms with E-state index in [1.54, 1.807) is 10.8 Å². The SMILES string of the molecule is CC(C)n1cc2c(nc1=O)Nc1cc3ccccc3cc1O2. The van der Waals surface area contributed by atoms with Gasteiger partial charge in [0.25, 0.3) is 0 Å². The summed E-state index contributed by atoms with van der Waals surface area (Å²) in [5.41, 5.74) is 0.537. The van der Waals surface area contributed by atoms with Crippen molar-refractivity contribution in [2.45, 2.75) is 19.9 Å². The Morgan fingerprint density at radius 2 is 1.86 bits per heavy atom. The predicted octanol–water partition coefficient (Wildman–Crippen LogP) is 3.83. The fourth-order valence-electron chi connectivity index (χ4n) is 2.63. The molecule has 5 heteroatoms. The van der Waals surface area contributed by atoms with Gasteiger partial charge in [0.1, 0.15) is 0 Å². The van der Waals surface area contributed by atoms with E-state index in [-0.39, 0.29) is 11.7 Å². The molecule has 0 aliphatic carbocycles. The van der Waals surface area contributed by atoms with Crippen molar-refractivity contribution in [1.29, 1.82) is 0 Å². The molecule has 22 heavy (non-hydrogen) atoms. The van der Waals surface area contributed by atoms with Gasteiger partial charge in [0.15, 0.2) is 17.3 Å². The third-order valence-electron chi connectivity index (χ3n) is 3.80. The Morgan fingerprint density at radius 1 is 1.14 bits per heavy atom. The fraction of sp³-hybridized carbons (Fsp3) is 0.176. The third-order valence-corrected chi connectivity index (χ3v) is 3.80. The number of ether oxygens (including phenoxy) is 1. The highest BCUT2D eigenvalue weighted by Crippen LogP contribution is 2.42. The number of anilines is 2. The Labute approximate surface area is 127 Å². The normalized spacial score (nSPS) is 12.5. The third kappa shape index (κ3) is 1.94. The van der Waals surface area contributed by atoms with Crippen LogP contribution in [0.5, 0.6) is 11.5 Å². The zero-order valence-corrected chi connectivity index (χ0v) is 12.3. The monoisotopic (exact) mass is 293 g/mol. The molecule has 0 atom stereocenters. The number of rotatable bonds is 1. The second-order valence-electron chi connectivity index (χ2n) is 5.66. The van der Waals surface area contributed by atoms with Crippen LogP contribution in [0.25, 0.3) is 10.8 Å². The van der Waals surface area contributed by atoms with Crippen LogP contribution in [0.4, 0.5) is 11.5 Å². The van der Waals surface area contributed by atoms with Crippen molar-refractivity contribution < 1.29 is 4.74 Å². The summed E-state index contributed by atoms with van der Waals surface area (Å²) in [5, 5.41) is 5.41. The van der Waals surface area contributed by atoms with E-state index in [1.807, 2.05) is 50.2 Å². The quantitative estimate of drug-likeness (QED) is 0.579. The molecule has 2 aromatic carbocycles. The molecule has 1 aliphatic heterocycles. The van der Waals surface area contributed by atoms with Crippen LogP contribution in [0.1, 0.15) is 19.9 Å². The molecule has 0 bridgehead atoms. The summed E-state index contributed by atoms with van der Waals surface area (Å²) in [7, 11) is 0. The number of aromatic nitrogens is 2. The summed E-state index contributed by atoms with van der Waals surface area (Å²) in [4.78, 5) is 16.1. The van der Waals surface area contributed by atoms with Gasteiger partial charge in [-0.15, -0.1) is 0 Å².